The highest BCUT2D eigenvalue weighted by atomic mass is 35.5. The molecule has 2 amide bonds. The molecule has 33 heavy (non-hydrogen) atoms. The number of halogens is 1. The summed E-state index contributed by atoms with van der Waals surface area (Å²) in [5, 5.41) is 4.06. The third kappa shape index (κ3) is 6.44. The maximum Gasteiger partial charge on any atom is 0.240 e. The highest BCUT2D eigenvalue weighted by Gasteiger charge is 2.33. The fourth-order valence-electron chi connectivity index (χ4n) is 4.56. The van der Waals surface area contributed by atoms with Gasteiger partial charge in [0.15, 0.2) is 5.78 Å². The Balaban J connectivity index is 1.76. The topological polar surface area (TPSA) is 122 Å². The van der Waals surface area contributed by atoms with E-state index in [-0.39, 0.29) is 35.7 Å². The maximum absolute atomic E-state index is 13.2. The van der Waals surface area contributed by atoms with Crippen LogP contribution in [0.1, 0.15) is 69.8 Å². The molecule has 0 radical (unpaired) electrons. The van der Waals surface area contributed by atoms with Crippen molar-refractivity contribution in [1.82, 2.24) is 10.3 Å². The smallest absolute Gasteiger partial charge is 0.240 e. The number of ketones is 2. The minimum Gasteiger partial charge on any atom is -0.368 e. The standard InChI is InChI=1S/C25H32ClN3O4/c1-25(2,3)13-16(12-21(31)18-11-15-7-4-8-17(26)22(15)28-18)24(33)29-19(23(27)32)10-14-6-5-9-20(14)30/h4,7-8,11,14,16,19,28H,5-6,9-10,12-13H2,1-3H3,(H2,27,32)(H,29,33)/t14-,16-,19-/m0/s1. The van der Waals surface area contributed by atoms with Gasteiger partial charge in [-0.25, -0.2) is 0 Å². The number of Topliss-reactive ketones (excluding diaryl/α,β-unsaturated/α-hetero) is 2. The first-order chi connectivity index (χ1) is 15.4. The van der Waals surface area contributed by atoms with E-state index >= 15 is 0 Å². The first-order valence-corrected chi connectivity index (χ1v) is 11.8. The number of nitrogens with one attached hydrogen (secondary N) is 2. The van der Waals surface area contributed by atoms with Crippen LogP contribution in [0.4, 0.5) is 0 Å². The van der Waals surface area contributed by atoms with Crippen molar-refractivity contribution in [2.45, 2.75) is 65.3 Å². The van der Waals surface area contributed by atoms with Gasteiger partial charge in [0.05, 0.1) is 16.2 Å². The molecular formula is C25H32ClN3O4. The van der Waals surface area contributed by atoms with Gasteiger partial charge in [0.25, 0.3) is 0 Å². The van der Waals surface area contributed by atoms with Gasteiger partial charge in [-0.2, -0.15) is 0 Å². The molecule has 1 aliphatic rings. The average molecular weight is 474 g/mol. The molecule has 1 aromatic heterocycles. The Morgan fingerprint density at radius 3 is 2.58 bits per heavy atom. The Bertz CT molecular complexity index is 1070. The Morgan fingerprint density at radius 2 is 2.00 bits per heavy atom. The van der Waals surface area contributed by atoms with E-state index in [2.05, 4.69) is 10.3 Å². The van der Waals surface area contributed by atoms with Gasteiger partial charge in [0, 0.05) is 30.1 Å². The van der Waals surface area contributed by atoms with E-state index in [1.54, 1.807) is 12.1 Å². The number of carbonyl (C=O) groups excluding carboxylic acids is 4. The molecule has 3 atom stereocenters. The second-order valence-electron chi connectivity index (χ2n) is 10.2. The van der Waals surface area contributed by atoms with Crippen LogP contribution in [0.5, 0.6) is 0 Å². The van der Waals surface area contributed by atoms with E-state index in [4.69, 9.17) is 17.3 Å². The number of benzene rings is 1. The first-order valence-electron chi connectivity index (χ1n) is 11.4. The monoisotopic (exact) mass is 473 g/mol. The van der Waals surface area contributed by atoms with Crippen molar-refractivity contribution >= 4 is 45.9 Å². The predicted molar refractivity (Wildman–Crippen MR) is 128 cm³/mol. The zero-order chi connectivity index (χ0) is 24.3. The van der Waals surface area contributed by atoms with Crippen molar-refractivity contribution in [3.8, 4) is 0 Å². The third-order valence-electron chi connectivity index (χ3n) is 6.18. The zero-order valence-corrected chi connectivity index (χ0v) is 20.1. The number of amides is 2. The number of aromatic amines is 1. The maximum atomic E-state index is 13.2. The van der Waals surface area contributed by atoms with E-state index in [1.165, 1.54) is 0 Å². The summed E-state index contributed by atoms with van der Waals surface area (Å²) in [7, 11) is 0. The molecule has 1 aromatic carbocycles. The molecule has 2 aromatic rings. The van der Waals surface area contributed by atoms with Gasteiger partial charge in [-0.1, -0.05) is 44.5 Å². The minimum atomic E-state index is -0.936. The Hall–Kier alpha value is -2.67. The minimum absolute atomic E-state index is 0.0264. The molecule has 1 aliphatic carbocycles. The number of hydrogen-bond donors (Lipinski definition) is 3. The van der Waals surface area contributed by atoms with Crippen LogP contribution in [0.3, 0.4) is 0 Å². The van der Waals surface area contributed by atoms with Gasteiger partial charge in [0.1, 0.15) is 11.8 Å². The van der Waals surface area contributed by atoms with E-state index in [9.17, 15) is 19.2 Å². The fourth-order valence-corrected chi connectivity index (χ4v) is 4.79. The van der Waals surface area contributed by atoms with Crippen molar-refractivity contribution in [3.05, 3.63) is 35.0 Å². The summed E-state index contributed by atoms with van der Waals surface area (Å²) in [4.78, 5) is 53.4. The lowest BCUT2D eigenvalue weighted by Crippen LogP contribution is -2.48. The van der Waals surface area contributed by atoms with Gasteiger partial charge < -0.3 is 16.0 Å². The highest BCUT2D eigenvalue weighted by molar-refractivity contribution is 6.35. The van der Waals surface area contributed by atoms with Crippen LogP contribution < -0.4 is 11.1 Å². The molecule has 0 saturated heterocycles. The lowest BCUT2D eigenvalue weighted by atomic mass is 9.81. The van der Waals surface area contributed by atoms with Crippen LogP contribution in [0.25, 0.3) is 10.9 Å². The Kier molecular flexibility index (Phi) is 7.62. The van der Waals surface area contributed by atoms with Crippen LogP contribution in [0.15, 0.2) is 24.3 Å². The SMILES string of the molecule is CC(C)(C)C[C@H](CC(=O)c1cc2cccc(Cl)c2[nH]1)C(=O)N[C@@H](C[C@@H]1CCCC1=O)C(N)=O. The lowest BCUT2D eigenvalue weighted by Gasteiger charge is -2.27. The number of nitrogens with two attached hydrogens (primary N) is 1. The molecule has 8 heteroatoms. The number of hydrogen-bond acceptors (Lipinski definition) is 4. The summed E-state index contributed by atoms with van der Waals surface area (Å²) in [6.45, 7) is 5.97. The molecule has 3 rings (SSSR count). The number of carbonyl (C=O) groups is 4. The van der Waals surface area contributed by atoms with Crippen LogP contribution in [0.2, 0.25) is 5.02 Å². The van der Waals surface area contributed by atoms with Crippen molar-refractivity contribution in [2.75, 3.05) is 0 Å². The van der Waals surface area contributed by atoms with Crippen molar-refractivity contribution in [3.63, 3.8) is 0 Å². The van der Waals surface area contributed by atoms with Crippen LogP contribution in [-0.4, -0.2) is 34.4 Å². The zero-order valence-electron chi connectivity index (χ0n) is 19.4. The Labute approximate surface area is 198 Å². The summed E-state index contributed by atoms with van der Waals surface area (Å²) in [5.74, 6) is -2.10. The number of rotatable bonds is 9. The van der Waals surface area contributed by atoms with Gasteiger partial charge in [0.2, 0.25) is 11.8 Å². The number of para-hydroxylation sites is 1. The molecule has 0 bridgehead atoms. The second kappa shape index (κ2) is 10.1. The molecule has 178 valence electrons. The molecule has 0 aliphatic heterocycles. The summed E-state index contributed by atoms with van der Waals surface area (Å²) >= 11 is 6.21. The van der Waals surface area contributed by atoms with Crippen molar-refractivity contribution < 1.29 is 19.2 Å². The first kappa shape index (κ1) is 25.0. The summed E-state index contributed by atoms with van der Waals surface area (Å²) in [6.07, 6.45) is 2.61. The molecular weight excluding hydrogens is 442 g/mol. The van der Waals surface area contributed by atoms with Crippen molar-refractivity contribution in [2.24, 2.45) is 23.0 Å². The number of fused-ring (bicyclic) bond motifs is 1. The second-order valence-corrected chi connectivity index (χ2v) is 10.6. The van der Waals surface area contributed by atoms with Gasteiger partial charge in [-0.05, 0) is 43.2 Å². The molecule has 1 heterocycles. The Morgan fingerprint density at radius 1 is 1.27 bits per heavy atom. The molecule has 1 fully saturated rings. The summed E-state index contributed by atoms with van der Waals surface area (Å²) < 4.78 is 0. The molecule has 0 unspecified atom stereocenters. The number of H-pyrrole nitrogens is 1. The van der Waals surface area contributed by atoms with E-state index in [1.807, 2.05) is 32.9 Å². The van der Waals surface area contributed by atoms with Crippen LogP contribution in [0, 0.1) is 17.3 Å². The van der Waals surface area contributed by atoms with Gasteiger partial charge in [-0.3, -0.25) is 19.2 Å². The quantitative estimate of drug-likeness (QED) is 0.473. The summed E-state index contributed by atoms with van der Waals surface area (Å²) in [6, 6.07) is 6.20. The largest absolute Gasteiger partial charge is 0.368 e. The average Bonchev–Trinajstić information content (AvgIpc) is 3.33. The summed E-state index contributed by atoms with van der Waals surface area (Å²) in [5.41, 5.74) is 6.37. The van der Waals surface area contributed by atoms with Crippen LogP contribution in [-0.2, 0) is 14.4 Å². The molecule has 4 N–H and O–H groups in total. The van der Waals surface area contributed by atoms with Gasteiger partial charge >= 0.3 is 0 Å². The van der Waals surface area contributed by atoms with E-state index in [0.29, 0.717) is 35.5 Å². The van der Waals surface area contributed by atoms with Crippen molar-refractivity contribution in [1.29, 1.82) is 0 Å². The molecule has 0 spiro atoms. The highest BCUT2D eigenvalue weighted by Crippen LogP contribution is 2.30. The third-order valence-corrected chi connectivity index (χ3v) is 6.49. The molecule has 1 saturated carbocycles. The van der Waals surface area contributed by atoms with E-state index in [0.717, 1.165) is 11.8 Å². The van der Waals surface area contributed by atoms with Gasteiger partial charge in [-0.15, -0.1) is 0 Å². The molecule has 7 nitrogen and oxygen atoms in total. The normalized spacial score (nSPS) is 18.3. The number of aromatic nitrogens is 1. The fraction of sp³-hybridized carbons (Fsp3) is 0.520. The van der Waals surface area contributed by atoms with Crippen LogP contribution >= 0.6 is 11.6 Å². The van der Waals surface area contributed by atoms with E-state index < -0.39 is 23.8 Å². The number of primary amides is 1. The predicted octanol–water partition coefficient (Wildman–Crippen LogP) is 4.18. The lowest BCUT2D eigenvalue weighted by molar-refractivity contribution is -0.131.